The molecular weight excluding hydrogens is 521 g/mol. The summed E-state index contributed by atoms with van der Waals surface area (Å²) >= 11 is 0. The minimum Gasteiger partial charge on any atom is -0.625 e. The van der Waals surface area contributed by atoms with E-state index in [-0.39, 0.29) is 34.4 Å². The molecule has 5 rings (SSSR count). The molecule has 1 heterocycles. The van der Waals surface area contributed by atoms with Gasteiger partial charge in [0, 0.05) is 34.5 Å². The Bertz CT molecular complexity index is 1330. The molecule has 2 fully saturated rings. The maximum atomic E-state index is 13.5. The number of likely N-dealkylation sites (tertiary alicyclic amines) is 1. The zero-order valence-corrected chi connectivity index (χ0v) is 22.0. The van der Waals surface area contributed by atoms with Gasteiger partial charge >= 0.3 is 5.97 Å². The van der Waals surface area contributed by atoms with Crippen LogP contribution in [-0.4, -0.2) is 45.7 Å². The van der Waals surface area contributed by atoms with Crippen molar-refractivity contribution in [3.05, 3.63) is 120 Å². The Morgan fingerprint density at radius 2 is 1.68 bits per heavy atom. The predicted molar refractivity (Wildman–Crippen MR) is 145 cm³/mol. The second-order valence-corrected chi connectivity index (χ2v) is 9.68. The number of aliphatic imine (C=N–C) groups is 1. The van der Waals surface area contributed by atoms with Crippen LogP contribution in [0.2, 0.25) is 0 Å². The van der Waals surface area contributed by atoms with Gasteiger partial charge in [0.1, 0.15) is 0 Å². The molecule has 38 heavy (non-hydrogen) atoms. The van der Waals surface area contributed by atoms with E-state index in [4.69, 9.17) is 4.99 Å². The molecule has 1 N–H and O–H groups in total. The topological polar surface area (TPSA) is 84.1 Å². The number of carboxylic acids is 1. The fraction of sp³-hybridized carbons (Fsp3) is 0.258. The number of hydrogen-bond donors (Lipinski definition) is 1. The van der Waals surface area contributed by atoms with Gasteiger partial charge in [0.15, 0.2) is 5.54 Å². The van der Waals surface area contributed by atoms with Crippen molar-refractivity contribution in [2.75, 3.05) is 6.54 Å². The van der Waals surface area contributed by atoms with Gasteiger partial charge in [-0.3, -0.25) is 9.89 Å². The van der Waals surface area contributed by atoms with E-state index in [1.54, 1.807) is 12.1 Å². The first-order chi connectivity index (χ1) is 18.0. The van der Waals surface area contributed by atoms with Crippen molar-refractivity contribution in [3.8, 4) is 0 Å². The number of aliphatic carboxylic acids is 1. The van der Waals surface area contributed by atoms with E-state index in [0.29, 0.717) is 29.9 Å². The SMILES string of the molecule is C=CC1C[C@]1(N=C(c1ccccc1)c1ccccc1[N-]C(=O)[C@@H]1CCCN1Cc1ccccc1)C(=O)O.[Ni]. The number of carboxylic acid groups (broad SMARTS) is 1. The second-order valence-electron chi connectivity index (χ2n) is 9.68. The summed E-state index contributed by atoms with van der Waals surface area (Å²) in [5, 5.41) is 14.6. The van der Waals surface area contributed by atoms with E-state index in [1.807, 2.05) is 66.7 Å². The average Bonchev–Trinajstić information content (AvgIpc) is 3.47. The van der Waals surface area contributed by atoms with Crippen LogP contribution >= 0.6 is 0 Å². The second kappa shape index (κ2) is 11.9. The van der Waals surface area contributed by atoms with Crippen molar-refractivity contribution in [1.29, 1.82) is 0 Å². The van der Waals surface area contributed by atoms with Gasteiger partial charge in [-0.15, -0.1) is 12.3 Å². The van der Waals surface area contributed by atoms with Crippen molar-refractivity contribution < 1.29 is 31.2 Å². The van der Waals surface area contributed by atoms with Crippen LogP contribution in [-0.2, 0) is 32.6 Å². The summed E-state index contributed by atoms with van der Waals surface area (Å²) in [5.74, 6) is -1.39. The van der Waals surface area contributed by atoms with Gasteiger partial charge in [-0.1, -0.05) is 91.0 Å². The number of amides is 1. The number of nitrogens with zero attached hydrogens (tertiary/aromatic N) is 3. The minimum absolute atomic E-state index is 0. The molecule has 3 atom stereocenters. The summed E-state index contributed by atoms with van der Waals surface area (Å²) < 4.78 is 0. The molecule has 1 aliphatic heterocycles. The molecule has 198 valence electrons. The average molecular weight is 551 g/mol. The van der Waals surface area contributed by atoms with E-state index >= 15 is 0 Å². The largest absolute Gasteiger partial charge is 0.625 e. The number of para-hydroxylation sites is 1. The van der Waals surface area contributed by atoms with Crippen LogP contribution in [0.3, 0.4) is 0 Å². The Labute approximate surface area is 233 Å². The molecule has 0 radical (unpaired) electrons. The van der Waals surface area contributed by atoms with Crippen molar-refractivity contribution in [1.82, 2.24) is 4.90 Å². The van der Waals surface area contributed by atoms with Crippen LogP contribution in [0, 0.1) is 5.92 Å². The number of carbonyl (C=O) groups excluding carboxylic acids is 1. The van der Waals surface area contributed by atoms with Gasteiger partial charge in [-0.25, -0.2) is 4.79 Å². The Hall–Kier alpha value is -3.54. The third-order valence-electron chi connectivity index (χ3n) is 7.26. The van der Waals surface area contributed by atoms with E-state index in [9.17, 15) is 14.7 Å². The van der Waals surface area contributed by atoms with Crippen LogP contribution in [0.4, 0.5) is 5.69 Å². The van der Waals surface area contributed by atoms with Gasteiger partial charge in [-0.2, -0.15) is 0 Å². The van der Waals surface area contributed by atoms with Crippen LogP contribution in [0.5, 0.6) is 0 Å². The monoisotopic (exact) mass is 550 g/mol. The maximum Gasteiger partial charge on any atom is 0.332 e. The van der Waals surface area contributed by atoms with Crippen molar-refractivity contribution >= 4 is 23.3 Å². The normalized spacial score (nSPS) is 22.8. The molecule has 3 aromatic rings. The molecule has 2 aliphatic rings. The molecule has 0 spiro atoms. The first-order valence-electron chi connectivity index (χ1n) is 12.7. The van der Waals surface area contributed by atoms with Crippen molar-refractivity contribution in [2.45, 2.75) is 37.4 Å². The molecule has 1 saturated heterocycles. The quantitative estimate of drug-likeness (QED) is 0.209. The smallest absolute Gasteiger partial charge is 0.332 e. The van der Waals surface area contributed by atoms with Gasteiger partial charge in [0.2, 0.25) is 0 Å². The number of benzene rings is 3. The van der Waals surface area contributed by atoms with E-state index in [1.165, 1.54) is 5.56 Å². The molecule has 3 aromatic carbocycles. The summed E-state index contributed by atoms with van der Waals surface area (Å²) in [5.41, 5.74) is 2.36. The first kappa shape index (κ1) is 27.5. The fourth-order valence-corrected chi connectivity index (χ4v) is 5.13. The van der Waals surface area contributed by atoms with Gasteiger partial charge in [0.05, 0.1) is 17.7 Å². The zero-order valence-electron chi connectivity index (χ0n) is 21.0. The van der Waals surface area contributed by atoms with Crippen LogP contribution < -0.4 is 0 Å². The molecule has 1 unspecified atom stereocenters. The zero-order chi connectivity index (χ0) is 25.8. The van der Waals surface area contributed by atoms with Gasteiger partial charge < -0.3 is 15.2 Å². The molecular formula is C31H30N3NiO3-. The van der Waals surface area contributed by atoms with Gasteiger partial charge in [0.25, 0.3) is 0 Å². The Balaban J connectivity index is 0.00000336. The Morgan fingerprint density at radius 3 is 2.34 bits per heavy atom. The van der Waals surface area contributed by atoms with Crippen LogP contribution in [0.1, 0.15) is 36.0 Å². The maximum absolute atomic E-state index is 13.5. The molecule has 1 amide bonds. The van der Waals surface area contributed by atoms with E-state index in [0.717, 1.165) is 24.9 Å². The molecule has 6 nitrogen and oxygen atoms in total. The Kier molecular flexibility index (Phi) is 8.60. The standard InChI is InChI=1S/C31H31N3O3.Ni/c1-2-24-20-31(24,30(36)37)33-28(23-14-7-4-8-15-23)25-16-9-10-17-26(25)32-29(35)27-18-11-19-34(27)21-22-12-5-3-6-13-22;/h2-10,12-17,24,27H,1,11,18-21H2,(H2,32,33,35,36,37);/p-1/t24?,27-,31+;/m0./s1. The third kappa shape index (κ3) is 5.64. The molecule has 7 heteroatoms. The summed E-state index contributed by atoms with van der Waals surface area (Å²) in [7, 11) is 0. The summed E-state index contributed by atoms with van der Waals surface area (Å²) in [6.45, 7) is 5.34. The predicted octanol–water partition coefficient (Wildman–Crippen LogP) is 5.75. The molecule has 0 aromatic heterocycles. The van der Waals surface area contributed by atoms with Crippen molar-refractivity contribution in [2.24, 2.45) is 10.9 Å². The van der Waals surface area contributed by atoms with Crippen molar-refractivity contribution in [3.63, 3.8) is 0 Å². The first-order valence-corrected chi connectivity index (χ1v) is 12.7. The van der Waals surface area contributed by atoms with Gasteiger partial charge in [-0.05, 0) is 36.9 Å². The molecule has 1 aliphatic carbocycles. The summed E-state index contributed by atoms with van der Waals surface area (Å²) in [6.07, 6.45) is 3.76. The minimum atomic E-state index is -1.25. The van der Waals surface area contributed by atoms with E-state index < -0.39 is 11.5 Å². The number of carbonyl (C=O) groups is 2. The van der Waals surface area contributed by atoms with Crippen LogP contribution in [0.25, 0.3) is 5.32 Å². The molecule has 0 bridgehead atoms. The molecule has 1 saturated carbocycles. The summed E-state index contributed by atoms with van der Waals surface area (Å²) in [6, 6.07) is 26.7. The van der Waals surface area contributed by atoms with E-state index in [2.05, 4.69) is 28.9 Å². The Morgan fingerprint density at radius 1 is 1.03 bits per heavy atom. The van der Waals surface area contributed by atoms with Crippen LogP contribution in [0.15, 0.2) is 103 Å². The number of rotatable bonds is 9. The summed E-state index contributed by atoms with van der Waals surface area (Å²) in [4.78, 5) is 32.7. The number of hydrogen-bond acceptors (Lipinski definition) is 4. The fourth-order valence-electron chi connectivity index (χ4n) is 5.13. The third-order valence-corrected chi connectivity index (χ3v) is 7.26.